The number of hydrogen-bond acceptors (Lipinski definition) is 3. The normalized spacial score (nSPS) is 23.1. The van der Waals surface area contributed by atoms with Gasteiger partial charge < -0.3 is 4.52 Å². The highest BCUT2D eigenvalue weighted by atomic mass is 31.2. The number of nitrogens with zero attached hydrogens (tertiary/aromatic N) is 1. The lowest BCUT2D eigenvalue weighted by atomic mass is 9.79. The summed E-state index contributed by atoms with van der Waals surface area (Å²) in [5, 5.41) is 0. The van der Waals surface area contributed by atoms with Crippen LogP contribution in [0.15, 0.2) is 78.9 Å². The number of fused-ring (bicyclic) bond motifs is 1. The van der Waals surface area contributed by atoms with Gasteiger partial charge in [0.15, 0.2) is 0 Å². The summed E-state index contributed by atoms with van der Waals surface area (Å²) in [5.41, 5.74) is 4.23. The van der Waals surface area contributed by atoms with Crippen LogP contribution < -0.4 is 4.52 Å². The second-order valence-electron chi connectivity index (χ2n) is 7.93. The summed E-state index contributed by atoms with van der Waals surface area (Å²) in [7, 11) is -1.20. The monoisotopic (exact) mass is 403 g/mol. The summed E-state index contributed by atoms with van der Waals surface area (Å²) in [6.45, 7) is 5.23. The van der Waals surface area contributed by atoms with Crippen molar-refractivity contribution in [1.29, 1.82) is 0 Å². The predicted molar refractivity (Wildman–Crippen MR) is 118 cm³/mol. The molecule has 0 N–H and O–H groups in total. The fourth-order valence-corrected chi connectivity index (χ4v) is 6.80. The third-order valence-corrected chi connectivity index (χ3v) is 7.79. The third-order valence-electron chi connectivity index (χ3n) is 6.11. The first kappa shape index (κ1) is 18.8. The van der Waals surface area contributed by atoms with Crippen LogP contribution in [0.3, 0.4) is 0 Å². The summed E-state index contributed by atoms with van der Waals surface area (Å²) in [5.74, 6) is 0.959. The summed E-state index contributed by atoms with van der Waals surface area (Å²) in [6.07, 6.45) is 2.28. The molecule has 29 heavy (non-hydrogen) atoms. The molecule has 2 aliphatic heterocycles. The average Bonchev–Trinajstić information content (AvgIpc) is 3.35. The van der Waals surface area contributed by atoms with E-state index in [-0.39, 0.29) is 6.04 Å². The minimum atomic E-state index is -1.20. The summed E-state index contributed by atoms with van der Waals surface area (Å²) in [6, 6.07) is 27.9. The largest absolute Gasteiger partial charge is 0.435 e. The molecule has 2 fully saturated rings. The van der Waals surface area contributed by atoms with Crippen molar-refractivity contribution in [1.82, 2.24) is 4.67 Å². The molecular formula is C25H26NO2P. The van der Waals surface area contributed by atoms with Gasteiger partial charge >= 0.3 is 8.53 Å². The molecule has 2 heterocycles. The van der Waals surface area contributed by atoms with Gasteiger partial charge in [-0.15, -0.1) is 0 Å². The molecule has 2 aliphatic rings. The smallest absolute Gasteiger partial charge is 0.322 e. The molecule has 1 unspecified atom stereocenters. The van der Waals surface area contributed by atoms with Crippen LogP contribution in [-0.4, -0.2) is 17.3 Å². The summed E-state index contributed by atoms with van der Waals surface area (Å²) in [4.78, 5) is 0. The molecule has 0 saturated carbocycles. The minimum Gasteiger partial charge on any atom is -0.435 e. The lowest BCUT2D eigenvalue weighted by molar-refractivity contribution is 0.108. The van der Waals surface area contributed by atoms with Gasteiger partial charge in [0.2, 0.25) is 0 Å². The van der Waals surface area contributed by atoms with Crippen LogP contribution in [0.1, 0.15) is 35.1 Å². The van der Waals surface area contributed by atoms with Crippen LogP contribution in [0.25, 0.3) is 0 Å². The van der Waals surface area contributed by atoms with E-state index in [1.54, 1.807) is 0 Å². The van der Waals surface area contributed by atoms with E-state index in [2.05, 4.69) is 97.4 Å². The van der Waals surface area contributed by atoms with Crippen molar-refractivity contribution in [3.05, 3.63) is 101 Å². The van der Waals surface area contributed by atoms with Gasteiger partial charge in [0.1, 0.15) is 11.4 Å². The second kappa shape index (κ2) is 7.57. The zero-order chi connectivity index (χ0) is 19.8. The van der Waals surface area contributed by atoms with Crippen molar-refractivity contribution >= 4 is 8.53 Å². The van der Waals surface area contributed by atoms with Gasteiger partial charge in [0.25, 0.3) is 0 Å². The lowest BCUT2D eigenvalue weighted by Gasteiger charge is -2.34. The Kier molecular flexibility index (Phi) is 4.91. The second-order valence-corrected chi connectivity index (χ2v) is 9.28. The number of aryl methyl sites for hydroxylation is 2. The summed E-state index contributed by atoms with van der Waals surface area (Å²) >= 11 is 0. The Hall–Kier alpha value is -2.19. The molecule has 3 aromatic rings. The molecular weight excluding hydrogens is 377 g/mol. The van der Waals surface area contributed by atoms with Crippen molar-refractivity contribution in [2.75, 3.05) is 6.54 Å². The van der Waals surface area contributed by atoms with Crippen molar-refractivity contribution in [3.8, 4) is 5.75 Å². The Balaban J connectivity index is 1.61. The molecule has 0 spiro atoms. The van der Waals surface area contributed by atoms with E-state index >= 15 is 0 Å². The highest BCUT2D eigenvalue weighted by molar-refractivity contribution is 7.45. The zero-order valence-corrected chi connectivity index (χ0v) is 17.8. The molecule has 3 nitrogen and oxygen atoms in total. The number of para-hydroxylation sites is 1. The average molecular weight is 403 g/mol. The van der Waals surface area contributed by atoms with Gasteiger partial charge in [-0.3, -0.25) is 4.52 Å². The van der Waals surface area contributed by atoms with Crippen LogP contribution in [0.4, 0.5) is 0 Å². The molecule has 0 bridgehead atoms. The standard InChI is InChI=1S/C25H26NO2P/c1-19-11-9-12-20(2)24(19)27-29-26-18-10-17-23(26)25(28-29,21-13-5-3-6-14-21)22-15-7-4-8-16-22/h3-9,11-16,23H,10,17-18H2,1-2H3/t23-,29?/m0/s1. The van der Waals surface area contributed by atoms with E-state index in [1.807, 2.05) is 0 Å². The van der Waals surface area contributed by atoms with Crippen molar-refractivity contribution in [3.63, 3.8) is 0 Å². The van der Waals surface area contributed by atoms with Crippen molar-refractivity contribution in [2.45, 2.75) is 38.3 Å². The Morgan fingerprint density at radius 3 is 2.03 bits per heavy atom. The molecule has 0 amide bonds. The van der Waals surface area contributed by atoms with Crippen LogP contribution in [-0.2, 0) is 10.1 Å². The maximum Gasteiger partial charge on any atom is 0.322 e. The number of rotatable bonds is 4. The topological polar surface area (TPSA) is 21.7 Å². The van der Waals surface area contributed by atoms with Crippen LogP contribution >= 0.6 is 8.53 Å². The maximum atomic E-state index is 6.97. The maximum absolute atomic E-state index is 6.97. The van der Waals surface area contributed by atoms with E-state index in [4.69, 9.17) is 9.05 Å². The van der Waals surface area contributed by atoms with Crippen LogP contribution in [0.2, 0.25) is 0 Å². The van der Waals surface area contributed by atoms with E-state index in [0.29, 0.717) is 0 Å². The van der Waals surface area contributed by atoms with Gasteiger partial charge in [0.05, 0.1) is 6.04 Å². The van der Waals surface area contributed by atoms with Crippen molar-refractivity contribution in [2.24, 2.45) is 0 Å². The molecule has 2 atom stereocenters. The number of hydrogen-bond donors (Lipinski definition) is 0. The molecule has 5 rings (SSSR count). The fraction of sp³-hybridized carbons (Fsp3) is 0.280. The third kappa shape index (κ3) is 3.09. The van der Waals surface area contributed by atoms with E-state index in [1.165, 1.54) is 17.5 Å². The van der Waals surface area contributed by atoms with E-state index < -0.39 is 14.1 Å². The quantitative estimate of drug-likeness (QED) is 0.474. The zero-order valence-electron chi connectivity index (χ0n) is 16.9. The first-order chi connectivity index (χ1) is 14.2. The fourth-order valence-electron chi connectivity index (χ4n) is 4.72. The molecule has 0 radical (unpaired) electrons. The van der Waals surface area contributed by atoms with Gasteiger partial charge in [0, 0.05) is 6.54 Å². The van der Waals surface area contributed by atoms with Gasteiger partial charge in [-0.2, -0.15) is 0 Å². The molecule has 4 heteroatoms. The van der Waals surface area contributed by atoms with Gasteiger partial charge in [-0.1, -0.05) is 78.9 Å². The van der Waals surface area contributed by atoms with Gasteiger partial charge in [-0.25, -0.2) is 4.67 Å². The first-order valence-corrected chi connectivity index (χ1v) is 11.4. The first-order valence-electron chi connectivity index (χ1n) is 10.3. The Morgan fingerprint density at radius 1 is 0.862 bits per heavy atom. The Morgan fingerprint density at radius 2 is 1.45 bits per heavy atom. The van der Waals surface area contributed by atoms with Crippen LogP contribution in [0.5, 0.6) is 5.75 Å². The van der Waals surface area contributed by atoms with Crippen molar-refractivity contribution < 1.29 is 9.05 Å². The molecule has 3 aromatic carbocycles. The van der Waals surface area contributed by atoms with Crippen LogP contribution in [0, 0.1) is 13.8 Å². The minimum absolute atomic E-state index is 0.280. The summed E-state index contributed by atoms with van der Waals surface area (Å²) < 4.78 is 16.1. The lowest BCUT2D eigenvalue weighted by Crippen LogP contribution is -2.40. The Bertz CT molecular complexity index is 932. The highest BCUT2D eigenvalue weighted by Gasteiger charge is 2.59. The van der Waals surface area contributed by atoms with E-state index in [9.17, 15) is 0 Å². The Labute approximate surface area is 174 Å². The molecule has 0 aliphatic carbocycles. The van der Waals surface area contributed by atoms with E-state index in [0.717, 1.165) is 29.8 Å². The predicted octanol–water partition coefficient (Wildman–Crippen LogP) is 6.35. The van der Waals surface area contributed by atoms with Gasteiger partial charge in [-0.05, 0) is 48.9 Å². The molecule has 2 saturated heterocycles. The number of benzene rings is 3. The SMILES string of the molecule is Cc1cccc(C)c1OP1OC(c2ccccc2)(c2ccccc2)[C@@H]2CCCN21. The highest BCUT2D eigenvalue weighted by Crippen LogP contribution is 2.64. The molecule has 0 aromatic heterocycles. The molecule has 148 valence electrons.